The van der Waals surface area contributed by atoms with Crippen LogP contribution in [0.5, 0.6) is 0 Å². The first-order valence-electron chi connectivity index (χ1n) is 5.75. The van der Waals surface area contributed by atoms with Crippen LogP contribution in [0.1, 0.15) is 5.56 Å². The number of urea groups is 1. The molecule has 0 unspecified atom stereocenters. The molecule has 2 N–H and O–H groups in total. The Bertz CT molecular complexity index is 644. The molecule has 2 aromatic rings. The van der Waals surface area contributed by atoms with Gasteiger partial charge >= 0.3 is 6.03 Å². The molecule has 2 rings (SSSR count). The maximum atomic E-state index is 11.6. The second-order valence-corrected chi connectivity index (χ2v) is 4.66. The van der Waals surface area contributed by atoms with Gasteiger partial charge in [-0.25, -0.2) is 9.78 Å². The van der Waals surface area contributed by atoms with Crippen LogP contribution in [-0.2, 0) is 0 Å². The van der Waals surface area contributed by atoms with Gasteiger partial charge in [-0.2, -0.15) is 0 Å². The maximum Gasteiger partial charge on any atom is 0.324 e. The minimum atomic E-state index is -0.414. The largest absolute Gasteiger partial charge is 0.324 e. The van der Waals surface area contributed by atoms with Crippen LogP contribution in [0.15, 0.2) is 48.8 Å². The van der Waals surface area contributed by atoms with Crippen molar-refractivity contribution in [3.8, 4) is 0 Å². The Morgan fingerprint density at radius 1 is 1.20 bits per heavy atom. The molecule has 0 radical (unpaired) electrons. The third-order valence-electron chi connectivity index (χ3n) is 2.35. The summed E-state index contributed by atoms with van der Waals surface area (Å²) in [7, 11) is 0. The van der Waals surface area contributed by atoms with Crippen molar-refractivity contribution in [2.45, 2.75) is 0 Å². The molecule has 0 saturated heterocycles. The number of rotatable bonds is 3. The second kappa shape index (κ2) is 6.93. The van der Waals surface area contributed by atoms with Crippen molar-refractivity contribution in [1.82, 2.24) is 10.3 Å². The predicted octanol–water partition coefficient (Wildman–Crippen LogP) is 4.18. The Morgan fingerprint density at radius 2 is 2.00 bits per heavy atom. The van der Waals surface area contributed by atoms with Crippen molar-refractivity contribution in [1.29, 1.82) is 0 Å². The molecule has 4 nitrogen and oxygen atoms in total. The quantitative estimate of drug-likeness (QED) is 0.893. The first-order valence-corrected chi connectivity index (χ1v) is 6.51. The summed E-state index contributed by atoms with van der Waals surface area (Å²) in [5.41, 5.74) is 0.815. The number of anilines is 1. The van der Waals surface area contributed by atoms with E-state index in [4.69, 9.17) is 23.2 Å². The standard InChI is InChI=1S/C14H11Cl2N3O/c15-11-6-8-17-13(9-11)19-14(20)18-7-5-10-3-1-2-4-12(10)16/h1-9H,(H2,17,18,19,20)/b7-5+. The molecule has 1 aromatic carbocycles. The second-order valence-electron chi connectivity index (χ2n) is 3.81. The van der Waals surface area contributed by atoms with E-state index in [1.165, 1.54) is 12.4 Å². The Kier molecular flexibility index (Phi) is 4.98. The van der Waals surface area contributed by atoms with Gasteiger partial charge in [-0.15, -0.1) is 0 Å². The number of carbonyl (C=O) groups excluding carboxylic acids is 1. The van der Waals surface area contributed by atoms with Crippen LogP contribution in [0.4, 0.5) is 10.6 Å². The van der Waals surface area contributed by atoms with Gasteiger partial charge in [-0.1, -0.05) is 41.4 Å². The lowest BCUT2D eigenvalue weighted by molar-refractivity contribution is 0.255. The molecule has 0 atom stereocenters. The van der Waals surface area contributed by atoms with E-state index >= 15 is 0 Å². The summed E-state index contributed by atoms with van der Waals surface area (Å²) < 4.78 is 0. The van der Waals surface area contributed by atoms with Crippen molar-refractivity contribution >= 4 is 41.1 Å². The van der Waals surface area contributed by atoms with Crippen LogP contribution in [0.2, 0.25) is 10.0 Å². The van der Waals surface area contributed by atoms with Gasteiger partial charge in [-0.05, 0) is 29.8 Å². The van der Waals surface area contributed by atoms with Crippen molar-refractivity contribution in [2.24, 2.45) is 0 Å². The van der Waals surface area contributed by atoms with E-state index in [1.807, 2.05) is 18.2 Å². The molecular weight excluding hydrogens is 297 g/mol. The predicted molar refractivity (Wildman–Crippen MR) is 81.9 cm³/mol. The molecule has 1 aromatic heterocycles. The highest BCUT2D eigenvalue weighted by Gasteiger charge is 2.01. The Labute approximate surface area is 126 Å². The van der Waals surface area contributed by atoms with E-state index in [9.17, 15) is 4.79 Å². The van der Waals surface area contributed by atoms with Crippen LogP contribution in [-0.4, -0.2) is 11.0 Å². The summed E-state index contributed by atoms with van der Waals surface area (Å²) in [6.45, 7) is 0. The molecule has 1 heterocycles. The van der Waals surface area contributed by atoms with Crippen LogP contribution in [0.3, 0.4) is 0 Å². The lowest BCUT2D eigenvalue weighted by Gasteiger charge is -2.03. The van der Waals surface area contributed by atoms with Gasteiger partial charge in [0.25, 0.3) is 0 Å². The highest BCUT2D eigenvalue weighted by atomic mass is 35.5. The van der Waals surface area contributed by atoms with Gasteiger partial charge in [0.15, 0.2) is 0 Å². The fraction of sp³-hybridized carbons (Fsp3) is 0. The van der Waals surface area contributed by atoms with E-state index in [0.717, 1.165) is 5.56 Å². The summed E-state index contributed by atoms with van der Waals surface area (Å²) in [5, 5.41) is 6.22. The van der Waals surface area contributed by atoms with Gasteiger partial charge < -0.3 is 5.32 Å². The smallest absolute Gasteiger partial charge is 0.314 e. The summed E-state index contributed by atoms with van der Waals surface area (Å²) in [5.74, 6) is 0.376. The van der Waals surface area contributed by atoms with E-state index in [1.54, 1.807) is 24.3 Å². The van der Waals surface area contributed by atoms with Crippen LogP contribution in [0, 0.1) is 0 Å². The third kappa shape index (κ3) is 4.26. The van der Waals surface area contributed by atoms with Crippen molar-refractivity contribution in [3.63, 3.8) is 0 Å². The summed E-state index contributed by atoms with van der Waals surface area (Å²) in [6.07, 6.45) is 4.71. The molecule has 0 fully saturated rings. The summed E-state index contributed by atoms with van der Waals surface area (Å²) in [6, 6.07) is 10.1. The maximum absolute atomic E-state index is 11.6. The molecule has 0 bridgehead atoms. The topological polar surface area (TPSA) is 54.0 Å². The van der Waals surface area contributed by atoms with Gasteiger partial charge in [0.2, 0.25) is 0 Å². The number of hydrogen-bond donors (Lipinski definition) is 2. The summed E-state index contributed by atoms with van der Waals surface area (Å²) >= 11 is 11.8. The zero-order valence-electron chi connectivity index (χ0n) is 10.3. The van der Waals surface area contributed by atoms with E-state index < -0.39 is 6.03 Å². The number of halogens is 2. The van der Waals surface area contributed by atoms with Gasteiger partial charge in [-0.3, -0.25) is 5.32 Å². The number of hydrogen-bond acceptors (Lipinski definition) is 2. The monoisotopic (exact) mass is 307 g/mol. The number of aromatic nitrogens is 1. The Balaban J connectivity index is 1.91. The van der Waals surface area contributed by atoms with Crippen LogP contribution < -0.4 is 10.6 Å². The van der Waals surface area contributed by atoms with Gasteiger partial charge in [0, 0.05) is 22.4 Å². The number of carbonyl (C=O) groups is 1. The molecule has 20 heavy (non-hydrogen) atoms. The first kappa shape index (κ1) is 14.4. The molecule has 2 amide bonds. The fourth-order valence-corrected chi connectivity index (χ4v) is 1.80. The minimum Gasteiger partial charge on any atom is -0.314 e. The first-order chi connectivity index (χ1) is 9.65. The molecule has 0 saturated carbocycles. The highest BCUT2D eigenvalue weighted by Crippen LogP contribution is 2.15. The molecule has 102 valence electrons. The minimum absolute atomic E-state index is 0.376. The van der Waals surface area contributed by atoms with Gasteiger partial charge in [0.1, 0.15) is 5.82 Å². The molecular formula is C14H11Cl2N3O. The number of nitrogens with one attached hydrogen (secondary N) is 2. The van der Waals surface area contributed by atoms with Crippen LogP contribution in [0.25, 0.3) is 6.08 Å². The Morgan fingerprint density at radius 3 is 2.75 bits per heavy atom. The van der Waals surface area contributed by atoms with E-state index in [-0.39, 0.29) is 0 Å². The zero-order chi connectivity index (χ0) is 14.4. The lowest BCUT2D eigenvalue weighted by Crippen LogP contribution is -2.24. The molecule has 0 aliphatic carbocycles. The Hall–Kier alpha value is -2.04. The van der Waals surface area contributed by atoms with Crippen molar-refractivity contribution < 1.29 is 4.79 Å². The fourth-order valence-electron chi connectivity index (χ4n) is 1.44. The summed E-state index contributed by atoms with van der Waals surface area (Å²) in [4.78, 5) is 15.6. The number of pyridine rings is 1. The molecule has 0 spiro atoms. The average molecular weight is 308 g/mol. The average Bonchev–Trinajstić information content (AvgIpc) is 2.41. The highest BCUT2D eigenvalue weighted by molar-refractivity contribution is 6.32. The zero-order valence-corrected chi connectivity index (χ0v) is 11.8. The third-order valence-corrected chi connectivity index (χ3v) is 2.93. The molecule has 0 aliphatic heterocycles. The van der Waals surface area contributed by atoms with Crippen molar-refractivity contribution in [3.05, 3.63) is 64.4 Å². The van der Waals surface area contributed by atoms with E-state index in [0.29, 0.717) is 15.9 Å². The molecule has 6 heteroatoms. The van der Waals surface area contributed by atoms with E-state index in [2.05, 4.69) is 15.6 Å². The lowest BCUT2D eigenvalue weighted by atomic mass is 10.2. The molecule has 0 aliphatic rings. The SMILES string of the molecule is O=C(N/C=C/c1ccccc1Cl)Nc1cc(Cl)ccn1. The number of amides is 2. The normalized spacial score (nSPS) is 10.5. The van der Waals surface area contributed by atoms with Gasteiger partial charge in [0.05, 0.1) is 0 Å². The van der Waals surface area contributed by atoms with Crippen molar-refractivity contribution in [2.75, 3.05) is 5.32 Å². The number of nitrogens with zero attached hydrogens (tertiary/aromatic N) is 1. The van der Waals surface area contributed by atoms with Crippen LogP contribution >= 0.6 is 23.2 Å². The number of benzene rings is 1.